The van der Waals surface area contributed by atoms with Gasteiger partial charge in [0, 0.05) is 13.6 Å². The summed E-state index contributed by atoms with van der Waals surface area (Å²) < 4.78 is 29.0. The van der Waals surface area contributed by atoms with Crippen LogP contribution in [0.15, 0.2) is 83.8 Å². The molecule has 0 unspecified atom stereocenters. The molecule has 28 heavy (non-hydrogen) atoms. The van der Waals surface area contributed by atoms with E-state index in [1.165, 1.54) is 4.31 Å². The second-order valence-electron chi connectivity index (χ2n) is 6.69. The Bertz CT molecular complexity index is 1210. The Morgan fingerprint density at radius 1 is 0.893 bits per heavy atom. The number of para-hydroxylation sites is 2. The molecule has 0 N–H and O–H groups in total. The summed E-state index contributed by atoms with van der Waals surface area (Å²) in [6.07, 6.45) is 0. The summed E-state index contributed by atoms with van der Waals surface area (Å²) in [7, 11) is -2.00. The van der Waals surface area contributed by atoms with Crippen LogP contribution in [-0.4, -0.2) is 25.0 Å². The maximum Gasteiger partial charge on any atom is 0.264 e. The van der Waals surface area contributed by atoms with Crippen LogP contribution in [0.4, 0.5) is 5.69 Å². The molecule has 0 atom stereocenters. The van der Waals surface area contributed by atoms with E-state index in [0.717, 1.165) is 22.4 Å². The van der Waals surface area contributed by atoms with E-state index >= 15 is 0 Å². The molecule has 0 saturated carbocycles. The maximum absolute atomic E-state index is 12.8. The lowest BCUT2D eigenvalue weighted by atomic mass is 10.2. The first-order valence-electron chi connectivity index (χ1n) is 9.01. The smallest absolute Gasteiger partial charge is 0.264 e. The summed E-state index contributed by atoms with van der Waals surface area (Å²) in [5.74, 6) is 0.953. The van der Waals surface area contributed by atoms with Crippen molar-refractivity contribution in [3.05, 3.63) is 90.3 Å². The molecule has 1 heterocycles. The fourth-order valence-corrected chi connectivity index (χ4v) is 4.50. The predicted molar refractivity (Wildman–Crippen MR) is 112 cm³/mol. The van der Waals surface area contributed by atoms with Gasteiger partial charge in [-0.15, -0.1) is 0 Å². The van der Waals surface area contributed by atoms with E-state index in [-0.39, 0.29) is 4.90 Å². The molecule has 4 aromatic rings. The van der Waals surface area contributed by atoms with Crippen molar-refractivity contribution >= 4 is 26.7 Å². The summed E-state index contributed by atoms with van der Waals surface area (Å²) >= 11 is 0. The summed E-state index contributed by atoms with van der Waals surface area (Å²) in [5, 5.41) is 0. The molecule has 0 saturated heterocycles. The number of hydrogen-bond acceptors (Lipinski definition) is 3. The van der Waals surface area contributed by atoms with E-state index < -0.39 is 10.0 Å². The molecule has 4 rings (SSSR count). The van der Waals surface area contributed by atoms with E-state index in [1.54, 1.807) is 37.4 Å². The molecule has 6 heteroatoms. The number of sulfonamides is 1. The molecule has 0 radical (unpaired) electrons. The van der Waals surface area contributed by atoms with Gasteiger partial charge in [0.15, 0.2) is 0 Å². The zero-order chi connectivity index (χ0) is 19.7. The molecule has 5 nitrogen and oxygen atoms in total. The lowest BCUT2D eigenvalue weighted by molar-refractivity contribution is 0.594. The van der Waals surface area contributed by atoms with Crippen LogP contribution < -0.4 is 4.31 Å². The molecule has 0 spiro atoms. The lowest BCUT2D eigenvalue weighted by Gasteiger charge is -2.20. The topological polar surface area (TPSA) is 55.2 Å². The SMILES string of the molecule is Cc1nc2ccccc2n1Cc1ccc(N(C)S(=O)(=O)c2ccccc2)cc1. The quantitative estimate of drug-likeness (QED) is 0.512. The molecule has 0 aliphatic carbocycles. The minimum atomic E-state index is -3.57. The van der Waals surface area contributed by atoms with Gasteiger partial charge in [0.2, 0.25) is 0 Å². The average molecular weight is 391 g/mol. The number of hydrogen-bond donors (Lipinski definition) is 0. The first-order valence-corrected chi connectivity index (χ1v) is 10.5. The molecule has 0 aliphatic heterocycles. The molecule has 1 aromatic heterocycles. The first-order chi connectivity index (χ1) is 13.5. The zero-order valence-corrected chi connectivity index (χ0v) is 16.6. The lowest BCUT2D eigenvalue weighted by Crippen LogP contribution is -2.26. The maximum atomic E-state index is 12.8. The van der Waals surface area contributed by atoms with Gasteiger partial charge in [-0.3, -0.25) is 4.31 Å². The molecular formula is C22H21N3O2S. The van der Waals surface area contributed by atoms with E-state index in [0.29, 0.717) is 12.2 Å². The minimum absolute atomic E-state index is 0.280. The number of aromatic nitrogens is 2. The van der Waals surface area contributed by atoms with Crippen molar-refractivity contribution in [2.75, 3.05) is 11.4 Å². The number of fused-ring (bicyclic) bond motifs is 1. The Labute approximate surface area is 164 Å². The van der Waals surface area contributed by atoms with Crippen LogP contribution in [0.5, 0.6) is 0 Å². The van der Waals surface area contributed by atoms with Crippen molar-refractivity contribution in [3.8, 4) is 0 Å². The minimum Gasteiger partial charge on any atom is -0.324 e. The van der Waals surface area contributed by atoms with Gasteiger partial charge in [0.1, 0.15) is 5.82 Å². The van der Waals surface area contributed by atoms with Crippen molar-refractivity contribution in [2.45, 2.75) is 18.4 Å². The van der Waals surface area contributed by atoms with Crippen LogP contribution in [-0.2, 0) is 16.6 Å². The van der Waals surface area contributed by atoms with Gasteiger partial charge >= 0.3 is 0 Å². The van der Waals surface area contributed by atoms with Crippen LogP contribution in [0.25, 0.3) is 11.0 Å². The van der Waals surface area contributed by atoms with E-state index in [2.05, 4.69) is 15.6 Å². The molecular weight excluding hydrogens is 370 g/mol. The predicted octanol–water partition coefficient (Wildman–Crippen LogP) is 4.22. The Morgan fingerprint density at radius 3 is 2.25 bits per heavy atom. The standard InChI is InChI=1S/C22H21N3O2S/c1-17-23-21-10-6-7-11-22(21)25(17)16-18-12-14-19(15-13-18)24(2)28(26,27)20-8-4-3-5-9-20/h3-15H,16H2,1-2H3. The highest BCUT2D eigenvalue weighted by Crippen LogP contribution is 2.23. The fourth-order valence-electron chi connectivity index (χ4n) is 3.28. The van der Waals surface area contributed by atoms with Gasteiger partial charge in [0.25, 0.3) is 10.0 Å². The van der Waals surface area contributed by atoms with Crippen molar-refractivity contribution < 1.29 is 8.42 Å². The van der Waals surface area contributed by atoms with Crippen LogP contribution in [0.1, 0.15) is 11.4 Å². The molecule has 0 amide bonds. The highest BCUT2D eigenvalue weighted by atomic mass is 32.2. The Morgan fingerprint density at radius 2 is 1.54 bits per heavy atom. The fraction of sp³-hybridized carbons (Fsp3) is 0.136. The normalized spacial score (nSPS) is 11.6. The molecule has 0 aliphatic rings. The molecule has 3 aromatic carbocycles. The average Bonchev–Trinajstić information content (AvgIpc) is 3.04. The van der Waals surface area contributed by atoms with Gasteiger partial charge in [-0.05, 0) is 48.9 Å². The van der Waals surface area contributed by atoms with Crippen molar-refractivity contribution in [1.29, 1.82) is 0 Å². The largest absolute Gasteiger partial charge is 0.324 e. The highest BCUT2D eigenvalue weighted by Gasteiger charge is 2.20. The third kappa shape index (κ3) is 3.27. The number of nitrogens with zero attached hydrogens (tertiary/aromatic N) is 3. The summed E-state index contributed by atoms with van der Waals surface area (Å²) in [4.78, 5) is 4.88. The summed E-state index contributed by atoms with van der Waals surface area (Å²) in [5.41, 5.74) is 3.78. The molecule has 142 valence electrons. The first kappa shape index (κ1) is 18.3. The van der Waals surface area contributed by atoms with Crippen LogP contribution in [0, 0.1) is 6.92 Å². The summed E-state index contributed by atoms with van der Waals surface area (Å²) in [6, 6.07) is 24.1. The van der Waals surface area contributed by atoms with Gasteiger partial charge in [-0.2, -0.15) is 0 Å². The van der Waals surface area contributed by atoms with Gasteiger partial charge < -0.3 is 4.57 Å². The van der Waals surface area contributed by atoms with Gasteiger partial charge in [-0.1, -0.05) is 42.5 Å². The van der Waals surface area contributed by atoms with Crippen molar-refractivity contribution in [2.24, 2.45) is 0 Å². The van der Waals surface area contributed by atoms with Gasteiger partial charge in [-0.25, -0.2) is 13.4 Å². The van der Waals surface area contributed by atoms with Crippen molar-refractivity contribution in [3.63, 3.8) is 0 Å². The van der Waals surface area contributed by atoms with Crippen LogP contribution >= 0.6 is 0 Å². The van der Waals surface area contributed by atoms with E-state index in [4.69, 9.17) is 0 Å². The number of anilines is 1. The van der Waals surface area contributed by atoms with E-state index in [9.17, 15) is 8.42 Å². The number of imidazole rings is 1. The monoisotopic (exact) mass is 391 g/mol. The zero-order valence-electron chi connectivity index (χ0n) is 15.8. The Hall–Kier alpha value is -3.12. The third-order valence-corrected chi connectivity index (χ3v) is 6.69. The summed E-state index contributed by atoms with van der Waals surface area (Å²) in [6.45, 7) is 2.68. The highest BCUT2D eigenvalue weighted by molar-refractivity contribution is 7.92. The van der Waals surface area contributed by atoms with E-state index in [1.807, 2.05) is 49.4 Å². The van der Waals surface area contributed by atoms with Crippen LogP contribution in [0.3, 0.4) is 0 Å². The van der Waals surface area contributed by atoms with Crippen molar-refractivity contribution in [1.82, 2.24) is 9.55 Å². The number of benzene rings is 3. The van der Waals surface area contributed by atoms with Crippen LogP contribution in [0.2, 0.25) is 0 Å². The number of rotatable bonds is 5. The molecule has 0 fully saturated rings. The second kappa shape index (κ2) is 7.13. The Kier molecular flexibility index (Phi) is 4.65. The Balaban J connectivity index is 1.60. The number of aryl methyl sites for hydroxylation is 1. The third-order valence-electron chi connectivity index (χ3n) is 4.89. The van der Waals surface area contributed by atoms with Gasteiger partial charge in [0.05, 0.1) is 21.6 Å². The molecule has 0 bridgehead atoms. The second-order valence-corrected chi connectivity index (χ2v) is 8.66.